The molecule has 1 saturated heterocycles. The molecule has 2 aromatic carbocycles. The SMILES string of the molecule is COc1cc(OC)c(CN2C[C@@H](Cc3cc(Cl)ccc3C#N)C(=O)NCC2=O)c(OC)c1. The number of rotatable bonds is 7. The number of halogens is 1. The van der Waals surface area contributed by atoms with Crippen molar-refractivity contribution >= 4 is 23.4 Å². The van der Waals surface area contributed by atoms with Gasteiger partial charge in [-0.2, -0.15) is 5.26 Å². The number of carbonyl (C=O) groups is 2. The molecule has 32 heavy (non-hydrogen) atoms. The van der Waals surface area contributed by atoms with Crippen LogP contribution in [0.15, 0.2) is 30.3 Å². The minimum Gasteiger partial charge on any atom is -0.496 e. The quantitative estimate of drug-likeness (QED) is 0.685. The fourth-order valence-corrected chi connectivity index (χ4v) is 3.90. The zero-order valence-electron chi connectivity index (χ0n) is 18.1. The van der Waals surface area contributed by atoms with Crippen LogP contribution in [-0.2, 0) is 22.6 Å². The Bertz CT molecular complexity index is 1040. The number of methoxy groups -OCH3 is 3. The molecule has 0 saturated carbocycles. The van der Waals surface area contributed by atoms with Crippen molar-refractivity contribution in [3.8, 4) is 23.3 Å². The fourth-order valence-electron chi connectivity index (χ4n) is 3.71. The van der Waals surface area contributed by atoms with Crippen molar-refractivity contribution < 1.29 is 23.8 Å². The highest BCUT2D eigenvalue weighted by molar-refractivity contribution is 6.30. The van der Waals surface area contributed by atoms with E-state index in [1.165, 1.54) is 14.2 Å². The summed E-state index contributed by atoms with van der Waals surface area (Å²) in [6.07, 6.45) is 0.274. The molecule has 0 radical (unpaired) electrons. The van der Waals surface area contributed by atoms with Gasteiger partial charge in [-0.05, 0) is 30.2 Å². The number of hydrogen-bond acceptors (Lipinski definition) is 6. The first-order valence-corrected chi connectivity index (χ1v) is 10.3. The molecule has 9 heteroatoms. The molecule has 0 bridgehead atoms. The Morgan fingerprint density at radius 3 is 2.41 bits per heavy atom. The van der Waals surface area contributed by atoms with Crippen molar-refractivity contribution in [1.82, 2.24) is 10.2 Å². The van der Waals surface area contributed by atoms with Gasteiger partial charge in [0.05, 0.1) is 57.5 Å². The summed E-state index contributed by atoms with van der Waals surface area (Å²) < 4.78 is 16.3. The second kappa shape index (κ2) is 10.2. The molecule has 1 aliphatic rings. The summed E-state index contributed by atoms with van der Waals surface area (Å²) in [5, 5.41) is 12.6. The van der Waals surface area contributed by atoms with Crippen LogP contribution in [-0.4, -0.2) is 51.1 Å². The van der Waals surface area contributed by atoms with Gasteiger partial charge in [-0.15, -0.1) is 0 Å². The van der Waals surface area contributed by atoms with Gasteiger partial charge in [-0.25, -0.2) is 0 Å². The van der Waals surface area contributed by atoms with Crippen molar-refractivity contribution in [3.05, 3.63) is 52.0 Å². The Balaban J connectivity index is 1.91. The number of nitrogens with one attached hydrogen (secondary N) is 1. The monoisotopic (exact) mass is 457 g/mol. The lowest BCUT2D eigenvalue weighted by Gasteiger charge is -2.25. The third-order valence-corrected chi connectivity index (χ3v) is 5.63. The average molecular weight is 458 g/mol. The summed E-state index contributed by atoms with van der Waals surface area (Å²) in [4.78, 5) is 27.1. The Morgan fingerprint density at radius 1 is 1.12 bits per heavy atom. The number of benzene rings is 2. The normalized spacial score (nSPS) is 16.1. The van der Waals surface area contributed by atoms with Gasteiger partial charge in [0.25, 0.3) is 0 Å². The van der Waals surface area contributed by atoms with E-state index in [0.29, 0.717) is 39.0 Å². The molecule has 1 N–H and O–H groups in total. The molecular weight excluding hydrogens is 434 g/mol. The highest BCUT2D eigenvalue weighted by atomic mass is 35.5. The second-order valence-corrected chi connectivity index (χ2v) is 7.75. The number of nitriles is 1. The highest BCUT2D eigenvalue weighted by Gasteiger charge is 2.31. The standard InChI is InChI=1S/C23H24ClN3O5/c1-30-18-8-20(31-2)19(21(9-18)32-3)13-27-12-16(23(29)26-11-22(27)28)6-15-7-17(24)5-4-14(15)10-25/h4-5,7-9,16H,6,11-13H2,1-3H3,(H,26,29)/t16-/m1/s1. The predicted molar refractivity (Wildman–Crippen MR) is 118 cm³/mol. The van der Waals surface area contributed by atoms with Crippen LogP contribution < -0.4 is 19.5 Å². The van der Waals surface area contributed by atoms with Crippen LogP contribution >= 0.6 is 11.6 Å². The molecule has 2 amide bonds. The lowest BCUT2D eigenvalue weighted by Crippen LogP contribution is -2.36. The molecule has 2 aromatic rings. The number of ether oxygens (including phenoxy) is 3. The summed E-state index contributed by atoms with van der Waals surface area (Å²) in [5.74, 6) is 0.545. The van der Waals surface area contributed by atoms with Gasteiger partial charge in [0.1, 0.15) is 17.2 Å². The van der Waals surface area contributed by atoms with Crippen LogP contribution in [0.25, 0.3) is 0 Å². The zero-order chi connectivity index (χ0) is 23.3. The van der Waals surface area contributed by atoms with E-state index < -0.39 is 5.92 Å². The zero-order valence-corrected chi connectivity index (χ0v) is 18.9. The molecule has 1 heterocycles. The first-order chi connectivity index (χ1) is 15.4. The van der Waals surface area contributed by atoms with Crippen molar-refractivity contribution in [2.75, 3.05) is 34.4 Å². The number of hydrogen-bond donors (Lipinski definition) is 1. The second-order valence-electron chi connectivity index (χ2n) is 7.32. The molecule has 1 fully saturated rings. The summed E-state index contributed by atoms with van der Waals surface area (Å²) >= 11 is 6.10. The first kappa shape index (κ1) is 23.2. The van der Waals surface area contributed by atoms with E-state index in [1.807, 2.05) is 0 Å². The minimum absolute atomic E-state index is 0.114. The highest BCUT2D eigenvalue weighted by Crippen LogP contribution is 2.35. The van der Waals surface area contributed by atoms with Crippen LogP contribution in [0.2, 0.25) is 5.02 Å². The molecule has 0 aliphatic carbocycles. The van der Waals surface area contributed by atoms with E-state index in [-0.39, 0.29) is 37.9 Å². The summed E-state index contributed by atoms with van der Waals surface area (Å²) in [6, 6.07) is 10.5. The van der Waals surface area contributed by atoms with Gasteiger partial charge in [0, 0.05) is 23.7 Å². The maximum Gasteiger partial charge on any atom is 0.242 e. The summed E-state index contributed by atoms with van der Waals surface area (Å²) in [6.45, 7) is 0.235. The van der Waals surface area contributed by atoms with Gasteiger partial charge in [0.2, 0.25) is 11.8 Å². The molecule has 8 nitrogen and oxygen atoms in total. The van der Waals surface area contributed by atoms with Gasteiger partial charge in [-0.1, -0.05) is 11.6 Å². The molecule has 168 valence electrons. The topological polar surface area (TPSA) is 101 Å². The smallest absolute Gasteiger partial charge is 0.242 e. The lowest BCUT2D eigenvalue weighted by molar-refractivity contribution is -0.130. The number of amides is 2. The summed E-state index contributed by atoms with van der Waals surface area (Å²) in [7, 11) is 4.59. The lowest BCUT2D eigenvalue weighted by atomic mass is 9.94. The number of nitrogens with zero attached hydrogens (tertiary/aromatic N) is 2. The van der Waals surface area contributed by atoms with Crippen molar-refractivity contribution in [2.24, 2.45) is 5.92 Å². The fraction of sp³-hybridized carbons (Fsp3) is 0.348. The molecule has 3 rings (SSSR count). The van der Waals surface area contributed by atoms with Gasteiger partial charge in [0.15, 0.2) is 0 Å². The first-order valence-electron chi connectivity index (χ1n) is 9.93. The molecular formula is C23H24ClN3O5. The Labute approximate surface area is 191 Å². The van der Waals surface area contributed by atoms with E-state index in [2.05, 4.69) is 11.4 Å². The molecule has 1 aliphatic heterocycles. The average Bonchev–Trinajstić information content (AvgIpc) is 2.93. The third-order valence-electron chi connectivity index (χ3n) is 5.40. The van der Waals surface area contributed by atoms with E-state index in [1.54, 1.807) is 42.3 Å². The maximum atomic E-state index is 12.8. The van der Waals surface area contributed by atoms with Crippen LogP contribution in [0, 0.1) is 17.2 Å². The predicted octanol–water partition coefficient (Wildman–Crippen LogP) is 2.55. The van der Waals surface area contributed by atoms with Crippen molar-refractivity contribution in [2.45, 2.75) is 13.0 Å². The van der Waals surface area contributed by atoms with Crippen LogP contribution in [0.3, 0.4) is 0 Å². The van der Waals surface area contributed by atoms with E-state index >= 15 is 0 Å². The number of carbonyl (C=O) groups excluding carboxylic acids is 2. The molecule has 0 aromatic heterocycles. The Kier molecular flexibility index (Phi) is 7.44. The van der Waals surface area contributed by atoms with Crippen molar-refractivity contribution in [1.29, 1.82) is 5.26 Å². The van der Waals surface area contributed by atoms with Crippen molar-refractivity contribution in [3.63, 3.8) is 0 Å². The Hall–Kier alpha value is -3.44. The molecule has 0 spiro atoms. The van der Waals surface area contributed by atoms with E-state index in [0.717, 1.165) is 0 Å². The van der Waals surface area contributed by atoms with Gasteiger partial charge < -0.3 is 24.4 Å². The van der Waals surface area contributed by atoms with Crippen LogP contribution in [0.5, 0.6) is 17.2 Å². The van der Waals surface area contributed by atoms with Gasteiger partial charge in [-0.3, -0.25) is 9.59 Å². The molecule has 0 unspecified atom stereocenters. The minimum atomic E-state index is -0.553. The van der Waals surface area contributed by atoms with Gasteiger partial charge >= 0.3 is 0 Å². The molecule has 1 atom stereocenters. The maximum absolute atomic E-state index is 12.8. The third kappa shape index (κ3) is 5.06. The Morgan fingerprint density at radius 2 is 1.81 bits per heavy atom. The summed E-state index contributed by atoms with van der Waals surface area (Å²) in [5.41, 5.74) is 1.77. The largest absolute Gasteiger partial charge is 0.496 e. The van der Waals surface area contributed by atoms with E-state index in [4.69, 9.17) is 25.8 Å². The van der Waals surface area contributed by atoms with E-state index in [9.17, 15) is 14.9 Å². The van der Waals surface area contributed by atoms with Crippen LogP contribution in [0.1, 0.15) is 16.7 Å². The van der Waals surface area contributed by atoms with Crippen LogP contribution in [0.4, 0.5) is 0 Å².